The molecule has 2 amide bonds. The largest absolute Gasteiger partial charge is 0.493 e. The summed E-state index contributed by atoms with van der Waals surface area (Å²) in [5.41, 5.74) is 2.87. The van der Waals surface area contributed by atoms with Crippen molar-refractivity contribution in [3.63, 3.8) is 0 Å². The normalized spacial score (nSPS) is 19.8. The Balaban J connectivity index is 1.46. The summed E-state index contributed by atoms with van der Waals surface area (Å²) < 4.78 is 20.2. The lowest BCUT2D eigenvalue weighted by Crippen LogP contribution is -2.41. The van der Waals surface area contributed by atoms with Crippen LogP contribution in [0, 0.1) is 24.6 Å². The van der Waals surface area contributed by atoms with Gasteiger partial charge in [0.25, 0.3) is 5.91 Å². The maximum absolute atomic E-state index is 14.2. The zero-order valence-electron chi connectivity index (χ0n) is 19.7. The highest BCUT2D eigenvalue weighted by Gasteiger charge is 2.34. The molecule has 3 aromatic rings. The minimum absolute atomic E-state index is 0.0311. The van der Waals surface area contributed by atoms with Crippen LogP contribution < -0.4 is 10.1 Å². The van der Waals surface area contributed by atoms with Crippen molar-refractivity contribution in [2.75, 3.05) is 26.3 Å². The molecule has 1 aliphatic carbocycles. The van der Waals surface area contributed by atoms with Gasteiger partial charge >= 0.3 is 0 Å². The first kappa shape index (κ1) is 23.2. The number of amides is 2. The lowest BCUT2D eigenvalue weighted by Gasteiger charge is -2.17. The fourth-order valence-electron chi connectivity index (χ4n) is 4.61. The average Bonchev–Trinajstić information content (AvgIpc) is 3.51. The van der Waals surface area contributed by atoms with E-state index in [-0.39, 0.29) is 23.8 Å². The Morgan fingerprint density at radius 2 is 2.09 bits per heavy atom. The summed E-state index contributed by atoms with van der Waals surface area (Å²) in [7, 11) is 0. The minimum Gasteiger partial charge on any atom is -0.493 e. The average molecular weight is 482 g/mol. The van der Waals surface area contributed by atoms with E-state index in [4.69, 9.17) is 9.84 Å². The number of hydrogen-bond acceptors (Lipinski definition) is 6. The second-order valence-electron chi connectivity index (χ2n) is 9.48. The van der Waals surface area contributed by atoms with Gasteiger partial charge in [0.05, 0.1) is 23.7 Å². The van der Waals surface area contributed by atoms with Crippen molar-refractivity contribution in [2.45, 2.75) is 32.7 Å². The predicted octanol–water partition coefficient (Wildman–Crippen LogP) is 2.43. The second kappa shape index (κ2) is 9.26. The number of rotatable bonds is 7. The van der Waals surface area contributed by atoms with Crippen molar-refractivity contribution in [2.24, 2.45) is 11.8 Å². The molecular formula is C25H28FN5O4. The minimum atomic E-state index is -0.554. The molecule has 1 saturated heterocycles. The van der Waals surface area contributed by atoms with E-state index < -0.39 is 12.4 Å². The number of benzene rings is 1. The van der Waals surface area contributed by atoms with E-state index in [9.17, 15) is 14.0 Å². The van der Waals surface area contributed by atoms with Crippen LogP contribution in [-0.4, -0.2) is 69.1 Å². The van der Waals surface area contributed by atoms with Crippen molar-refractivity contribution in [1.82, 2.24) is 25.2 Å². The molecule has 0 spiro atoms. The number of carbonyl (C=O) groups is 2. The van der Waals surface area contributed by atoms with Gasteiger partial charge in [-0.2, -0.15) is 0 Å². The van der Waals surface area contributed by atoms with Crippen LogP contribution in [0.4, 0.5) is 4.39 Å². The number of likely N-dealkylation sites (tertiary alicyclic amines) is 1. The smallest absolute Gasteiger partial charge is 0.255 e. The molecule has 2 fully saturated rings. The molecule has 3 N–H and O–H groups in total. The second-order valence-corrected chi connectivity index (χ2v) is 9.48. The summed E-state index contributed by atoms with van der Waals surface area (Å²) in [6.45, 7) is 4.54. The summed E-state index contributed by atoms with van der Waals surface area (Å²) in [5.74, 6) is 0.00237. The Kier molecular flexibility index (Phi) is 6.14. The molecule has 9 nitrogen and oxygen atoms in total. The number of halogens is 1. The number of fused-ring (bicyclic) bond motifs is 1. The van der Waals surface area contributed by atoms with Crippen LogP contribution in [0.2, 0.25) is 0 Å². The number of ether oxygens (including phenoxy) is 1. The first-order valence-electron chi connectivity index (χ1n) is 11.8. The molecule has 1 aromatic carbocycles. The molecule has 0 unspecified atom stereocenters. The molecule has 184 valence electrons. The zero-order valence-corrected chi connectivity index (χ0v) is 19.7. The number of aromatic amines is 1. The summed E-state index contributed by atoms with van der Waals surface area (Å²) >= 11 is 0. The third-order valence-corrected chi connectivity index (χ3v) is 6.78. The fraction of sp³-hybridized carbons (Fsp3) is 0.440. The molecule has 0 bridgehead atoms. The third kappa shape index (κ3) is 4.58. The summed E-state index contributed by atoms with van der Waals surface area (Å²) in [6.07, 6.45) is 3.62. The van der Waals surface area contributed by atoms with Gasteiger partial charge in [0.15, 0.2) is 0 Å². The van der Waals surface area contributed by atoms with Crippen LogP contribution in [0.25, 0.3) is 22.3 Å². The molecule has 35 heavy (non-hydrogen) atoms. The number of aliphatic hydroxyl groups is 1. The van der Waals surface area contributed by atoms with Crippen molar-refractivity contribution >= 4 is 22.8 Å². The van der Waals surface area contributed by atoms with Crippen molar-refractivity contribution in [3.8, 4) is 17.0 Å². The fourth-order valence-corrected chi connectivity index (χ4v) is 4.61. The van der Waals surface area contributed by atoms with Gasteiger partial charge in [-0.05, 0) is 49.8 Å². The van der Waals surface area contributed by atoms with E-state index >= 15 is 0 Å². The van der Waals surface area contributed by atoms with E-state index in [0.717, 1.165) is 12.8 Å². The van der Waals surface area contributed by atoms with E-state index in [1.165, 1.54) is 18.5 Å². The molecular weight excluding hydrogens is 453 g/mol. The number of aliphatic hydroxyl groups excluding tert-OH is 1. The molecule has 2 atom stereocenters. The first-order chi connectivity index (χ1) is 16.9. The van der Waals surface area contributed by atoms with Gasteiger partial charge in [-0.1, -0.05) is 6.92 Å². The highest BCUT2D eigenvalue weighted by atomic mass is 19.1. The first-order valence-corrected chi connectivity index (χ1v) is 11.8. The van der Waals surface area contributed by atoms with Crippen LogP contribution in [0.5, 0.6) is 5.75 Å². The van der Waals surface area contributed by atoms with Gasteiger partial charge < -0.3 is 25.0 Å². The van der Waals surface area contributed by atoms with Gasteiger partial charge in [0.2, 0.25) is 5.91 Å². The maximum atomic E-state index is 14.2. The number of aromatic nitrogens is 3. The van der Waals surface area contributed by atoms with Gasteiger partial charge in [-0.15, -0.1) is 0 Å². The molecule has 3 heterocycles. The highest BCUT2D eigenvalue weighted by Crippen LogP contribution is 2.36. The number of carbonyl (C=O) groups excluding carboxylic acids is 2. The van der Waals surface area contributed by atoms with Gasteiger partial charge in [0, 0.05) is 24.3 Å². The molecule has 1 saturated carbocycles. The third-order valence-electron chi connectivity index (χ3n) is 6.78. The van der Waals surface area contributed by atoms with E-state index in [2.05, 4.69) is 20.3 Å². The van der Waals surface area contributed by atoms with E-state index in [1.54, 1.807) is 17.9 Å². The van der Waals surface area contributed by atoms with Crippen LogP contribution in [-0.2, 0) is 4.79 Å². The van der Waals surface area contributed by atoms with Crippen LogP contribution in [0.1, 0.15) is 35.8 Å². The number of aryl methyl sites for hydroxylation is 1. The number of hydrogen-bond donors (Lipinski definition) is 3. The molecule has 10 heteroatoms. The summed E-state index contributed by atoms with van der Waals surface area (Å²) in [5, 5.41) is 12.2. The molecule has 2 aliphatic rings. The van der Waals surface area contributed by atoms with Crippen LogP contribution in [0.3, 0.4) is 0 Å². The highest BCUT2D eigenvalue weighted by molar-refractivity contribution is 6.09. The standard InChI is InChI=1S/C25H28FN5O4/c1-13-8-31(20(33)10-32)9-18(13)30-25(34)21-14(2)29-24-22(27-12-28-23(21)24)17-7-16(26)5-6-19(17)35-11-15-3-4-15/h5-7,12-13,15,18,29,32H,3-4,8-11H2,1-2H3,(H,30,34)/t13-,18+/m0/s1. The Bertz CT molecular complexity index is 1290. The van der Waals surface area contributed by atoms with Crippen molar-refractivity contribution in [1.29, 1.82) is 0 Å². The van der Waals surface area contributed by atoms with Gasteiger partial charge in [-0.25, -0.2) is 14.4 Å². The molecule has 1 aliphatic heterocycles. The van der Waals surface area contributed by atoms with E-state index in [1.807, 2.05) is 6.92 Å². The Hall–Kier alpha value is -3.53. The van der Waals surface area contributed by atoms with Crippen LogP contribution >= 0.6 is 0 Å². The number of H-pyrrole nitrogens is 1. The zero-order chi connectivity index (χ0) is 24.7. The topological polar surface area (TPSA) is 120 Å². The molecule has 0 radical (unpaired) electrons. The lowest BCUT2D eigenvalue weighted by molar-refractivity contribution is -0.133. The lowest BCUT2D eigenvalue weighted by atomic mass is 10.1. The molecule has 5 rings (SSSR count). The summed E-state index contributed by atoms with van der Waals surface area (Å²) in [4.78, 5) is 38.7. The Morgan fingerprint density at radius 1 is 1.29 bits per heavy atom. The monoisotopic (exact) mass is 481 g/mol. The number of nitrogens with one attached hydrogen (secondary N) is 2. The Labute approximate surface area is 201 Å². The molecule has 2 aromatic heterocycles. The maximum Gasteiger partial charge on any atom is 0.255 e. The Morgan fingerprint density at radius 3 is 2.83 bits per heavy atom. The van der Waals surface area contributed by atoms with Crippen molar-refractivity contribution in [3.05, 3.63) is 41.6 Å². The predicted molar refractivity (Wildman–Crippen MR) is 126 cm³/mol. The SMILES string of the molecule is Cc1[nH]c2c(-c3cc(F)ccc3OCC3CC3)ncnc2c1C(=O)N[C@@H]1CN(C(=O)CO)C[C@@H]1C. The quantitative estimate of drug-likeness (QED) is 0.477. The van der Waals surface area contributed by atoms with Crippen LogP contribution in [0.15, 0.2) is 24.5 Å². The summed E-state index contributed by atoms with van der Waals surface area (Å²) in [6, 6.07) is 4.09. The number of nitrogens with zero attached hydrogens (tertiary/aromatic N) is 3. The van der Waals surface area contributed by atoms with Crippen molar-refractivity contribution < 1.29 is 23.8 Å². The van der Waals surface area contributed by atoms with E-state index in [0.29, 0.717) is 64.9 Å². The van der Waals surface area contributed by atoms with Gasteiger partial charge in [-0.3, -0.25) is 9.59 Å². The van der Waals surface area contributed by atoms with Gasteiger partial charge in [0.1, 0.15) is 35.7 Å².